The van der Waals surface area contributed by atoms with Crippen LogP contribution in [-0.2, 0) is 16.0 Å². The van der Waals surface area contributed by atoms with Crippen LogP contribution in [0.4, 0.5) is 5.13 Å². The first kappa shape index (κ1) is 19.3. The highest BCUT2D eigenvalue weighted by Crippen LogP contribution is 2.37. The van der Waals surface area contributed by atoms with Crippen molar-refractivity contribution < 1.29 is 23.8 Å². The Balaban J connectivity index is 1.26. The van der Waals surface area contributed by atoms with Gasteiger partial charge in [-0.25, -0.2) is 4.98 Å². The van der Waals surface area contributed by atoms with E-state index in [0.717, 1.165) is 49.3 Å². The van der Waals surface area contributed by atoms with Crippen LogP contribution in [0.25, 0.3) is 0 Å². The third-order valence-corrected chi connectivity index (χ3v) is 6.70. The van der Waals surface area contributed by atoms with Gasteiger partial charge in [-0.3, -0.25) is 14.9 Å². The Morgan fingerprint density at radius 1 is 1.17 bits per heavy atom. The number of thiazole rings is 1. The molecule has 9 heteroatoms. The number of amides is 2. The van der Waals surface area contributed by atoms with Gasteiger partial charge < -0.3 is 19.5 Å². The number of carbonyl (C=O) groups is 2. The highest BCUT2D eigenvalue weighted by molar-refractivity contribution is 7.16. The number of rotatable bonds is 5. The van der Waals surface area contributed by atoms with E-state index in [4.69, 9.17) is 14.2 Å². The molecule has 0 unspecified atom stereocenters. The van der Waals surface area contributed by atoms with Gasteiger partial charge in [0, 0.05) is 23.6 Å². The molecule has 0 spiro atoms. The summed E-state index contributed by atoms with van der Waals surface area (Å²) in [5.74, 6) is 0.643. The third kappa shape index (κ3) is 3.87. The van der Waals surface area contributed by atoms with E-state index in [2.05, 4.69) is 15.6 Å². The van der Waals surface area contributed by atoms with Crippen LogP contribution in [0.2, 0.25) is 0 Å². The summed E-state index contributed by atoms with van der Waals surface area (Å²) in [6.07, 6.45) is 4.73. The molecular weight excluding hydrogens is 406 g/mol. The van der Waals surface area contributed by atoms with E-state index >= 15 is 0 Å². The topological polar surface area (TPSA) is 98.8 Å². The molecule has 0 saturated carbocycles. The van der Waals surface area contributed by atoms with E-state index in [9.17, 15) is 9.59 Å². The quantitative estimate of drug-likeness (QED) is 0.758. The van der Waals surface area contributed by atoms with E-state index in [-0.39, 0.29) is 30.6 Å². The third-order valence-electron chi connectivity index (χ3n) is 5.65. The van der Waals surface area contributed by atoms with Gasteiger partial charge in [0.1, 0.15) is 0 Å². The van der Waals surface area contributed by atoms with Gasteiger partial charge in [0.25, 0.3) is 5.91 Å². The zero-order chi connectivity index (χ0) is 20.5. The summed E-state index contributed by atoms with van der Waals surface area (Å²) in [7, 11) is 0. The van der Waals surface area contributed by atoms with Gasteiger partial charge >= 0.3 is 0 Å². The number of benzene rings is 1. The van der Waals surface area contributed by atoms with Crippen molar-refractivity contribution in [2.75, 3.05) is 25.3 Å². The first-order valence-corrected chi connectivity index (χ1v) is 11.1. The van der Waals surface area contributed by atoms with Gasteiger partial charge in [0.15, 0.2) is 16.6 Å². The van der Waals surface area contributed by atoms with Crippen LogP contribution in [0.5, 0.6) is 11.5 Å². The number of carbonyl (C=O) groups excluding carboxylic acids is 2. The summed E-state index contributed by atoms with van der Waals surface area (Å²) < 4.78 is 16.2. The fourth-order valence-electron chi connectivity index (χ4n) is 4.08. The number of anilines is 1. The standard InChI is InChI=1S/C21H23N3O5S/c25-19(12-6-7-15-16(9-12)29-11-28-15)24-21-23-18-14(4-1-5-17(18)30-21)20(26)22-10-13-3-2-8-27-13/h6-7,9,13-14H,1-5,8,10-11H2,(H,22,26)(H,23,24,25)/t13-,14-/m0/s1. The molecule has 2 amide bonds. The summed E-state index contributed by atoms with van der Waals surface area (Å²) in [5.41, 5.74) is 1.26. The van der Waals surface area contributed by atoms with Gasteiger partial charge in [-0.05, 0) is 50.3 Å². The van der Waals surface area contributed by atoms with E-state index in [1.807, 2.05) is 0 Å². The number of hydrogen-bond donors (Lipinski definition) is 2. The number of aromatic nitrogens is 1. The monoisotopic (exact) mass is 429 g/mol. The fraction of sp³-hybridized carbons (Fsp3) is 0.476. The molecule has 3 heterocycles. The minimum atomic E-state index is -0.275. The molecule has 1 aromatic carbocycles. The summed E-state index contributed by atoms with van der Waals surface area (Å²) >= 11 is 1.44. The number of nitrogens with zero attached hydrogens (tertiary/aromatic N) is 1. The van der Waals surface area contributed by atoms with E-state index in [1.165, 1.54) is 11.3 Å². The van der Waals surface area contributed by atoms with Crippen molar-refractivity contribution in [3.63, 3.8) is 0 Å². The SMILES string of the molecule is O=C(Nc1nc2c(s1)CCC[C@@H]2C(=O)NC[C@@H]1CCCO1)c1ccc2c(c1)OCO2. The predicted molar refractivity (Wildman–Crippen MR) is 110 cm³/mol. The van der Waals surface area contributed by atoms with Crippen LogP contribution < -0.4 is 20.1 Å². The second-order valence-corrected chi connectivity index (χ2v) is 8.76. The van der Waals surface area contributed by atoms with Crippen LogP contribution in [0.15, 0.2) is 18.2 Å². The number of ether oxygens (including phenoxy) is 3. The van der Waals surface area contributed by atoms with Crippen molar-refractivity contribution in [2.45, 2.75) is 44.1 Å². The average molecular weight is 429 g/mol. The van der Waals surface area contributed by atoms with Gasteiger partial charge in [-0.15, -0.1) is 11.3 Å². The Bertz CT molecular complexity index is 970. The number of fused-ring (bicyclic) bond motifs is 2. The zero-order valence-electron chi connectivity index (χ0n) is 16.4. The molecule has 5 rings (SSSR count). The molecule has 0 bridgehead atoms. The molecule has 158 valence electrons. The number of hydrogen-bond acceptors (Lipinski definition) is 7. The van der Waals surface area contributed by atoms with Gasteiger partial charge in [-0.1, -0.05) is 0 Å². The zero-order valence-corrected chi connectivity index (χ0v) is 17.3. The Labute approximate surface area is 177 Å². The van der Waals surface area contributed by atoms with Crippen molar-refractivity contribution in [2.24, 2.45) is 0 Å². The minimum Gasteiger partial charge on any atom is -0.454 e. The van der Waals surface area contributed by atoms with Crippen molar-refractivity contribution in [1.82, 2.24) is 10.3 Å². The molecule has 2 aliphatic heterocycles. The van der Waals surface area contributed by atoms with Crippen molar-refractivity contribution in [1.29, 1.82) is 0 Å². The second kappa shape index (κ2) is 8.23. The molecule has 30 heavy (non-hydrogen) atoms. The fourth-order valence-corrected chi connectivity index (χ4v) is 5.14. The molecule has 2 aromatic rings. The van der Waals surface area contributed by atoms with Crippen molar-refractivity contribution in [3.05, 3.63) is 34.3 Å². The Kier molecular flexibility index (Phi) is 5.30. The Morgan fingerprint density at radius 3 is 2.93 bits per heavy atom. The maximum absolute atomic E-state index is 12.8. The van der Waals surface area contributed by atoms with Crippen LogP contribution in [0.3, 0.4) is 0 Å². The maximum atomic E-state index is 12.8. The molecule has 8 nitrogen and oxygen atoms in total. The highest BCUT2D eigenvalue weighted by Gasteiger charge is 2.31. The largest absolute Gasteiger partial charge is 0.454 e. The minimum absolute atomic E-state index is 0.00889. The molecule has 0 radical (unpaired) electrons. The molecular formula is C21H23N3O5S. The number of aryl methyl sites for hydroxylation is 1. The summed E-state index contributed by atoms with van der Waals surface area (Å²) in [4.78, 5) is 31.1. The summed E-state index contributed by atoms with van der Waals surface area (Å²) in [6.45, 7) is 1.48. The predicted octanol–water partition coefficient (Wildman–Crippen LogP) is 2.84. The van der Waals surface area contributed by atoms with Crippen molar-refractivity contribution in [3.8, 4) is 11.5 Å². The molecule has 1 aliphatic carbocycles. The molecule has 2 N–H and O–H groups in total. The molecule has 1 saturated heterocycles. The summed E-state index contributed by atoms with van der Waals surface area (Å²) in [5, 5.41) is 6.40. The first-order chi connectivity index (χ1) is 14.7. The van der Waals surface area contributed by atoms with E-state index in [0.29, 0.717) is 28.7 Å². The first-order valence-electron chi connectivity index (χ1n) is 10.3. The molecule has 3 aliphatic rings. The van der Waals surface area contributed by atoms with Gasteiger partial charge in [-0.2, -0.15) is 0 Å². The lowest BCUT2D eigenvalue weighted by Crippen LogP contribution is -2.36. The van der Waals surface area contributed by atoms with Crippen LogP contribution in [0.1, 0.15) is 52.5 Å². The summed E-state index contributed by atoms with van der Waals surface area (Å²) in [6, 6.07) is 5.07. The van der Waals surface area contributed by atoms with Crippen LogP contribution >= 0.6 is 11.3 Å². The van der Waals surface area contributed by atoms with Crippen LogP contribution in [-0.4, -0.2) is 42.8 Å². The van der Waals surface area contributed by atoms with Crippen LogP contribution in [0, 0.1) is 0 Å². The van der Waals surface area contributed by atoms with Crippen molar-refractivity contribution >= 4 is 28.3 Å². The normalized spacial score (nSPS) is 21.9. The Morgan fingerprint density at radius 2 is 2.07 bits per heavy atom. The van der Waals surface area contributed by atoms with E-state index in [1.54, 1.807) is 18.2 Å². The van der Waals surface area contributed by atoms with Gasteiger partial charge in [0.05, 0.1) is 17.7 Å². The Hall–Kier alpha value is -2.65. The molecule has 2 atom stereocenters. The maximum Gasteiger partial charge on any atom is 0.257 e. The highest BCUT2D eigenvalue weighted by atomic mass is 32.1. The average Bonchev–Trinajstić information content (AvgIpc) is 3.51. The lowest BCUT2D eigenvalue weighted by molar-refractivity contribution is -0.123. The lowest BCUT2D eigenvalue weighted by Gasteiger charge is -2.21. The van der Waals surface area contributed by atoms with Gasteiger partial charge in [0.2, 0.25) is 12.7 Å². The lowest BCUT2D eigenvalue weighted by atomic mass is 9.90. The molecule has 1 aromatic heterocycles. The number of nitrogens with one attached hydrogen (secondary N) is 2. The second-order valence-electron chi connectivity index (χ2n) is 7.67. The van der Waals surface area contributed by atoms with E-state index < -0.39 is 0 Å². The molecule has 1 fully saturated rings. The smallest absolute Gasteiger partial charge is 0.257 e.